The molecule has 0 saturated heterocycles. The van der Waals surface area contributed by atoms with Crippen molar-refractivity contribution in [2.75, 3.05) is 26.6 Å². The summed E-state index contributed by atoms with van der Waals surface area (Å²) in [5.74, 6) is 1.63. The Morgan fingerprint density at radius 2 is 1.61 bits per heavy atom. The fourth-order valence-corrected chi connectivity index (χ4v) is 3.90. The lowest BCUT2D eigenvalue weighted by atomic mass is 9.99. The van der Waals surface area contributed by atoms with E-state index in [0.717, 1.165) is 33.3 Å². The molecule has 1 aromatic heterocycles. The van der Waals surface area contributed by atoms with Gasteiger partial charge in [0, 0.05) is 17.0 Å². The minimum absolute atomic E-state index is 0.261. The zero-order valence-electron chi connectivity index (χ0n) is 19.4. The number of benzene rings is 3. The van der Waals surface area contributed by atoms with Gasteiger partial charge in [0.2, 0.25) is 0 Å². The van der Waals surface area contributed by atoms with Gasteiger partial charge in [0.05, 0.1) is 43.8 Å². The van der Waals surface area contributed by atoms with Gasteiger partial charge in [-0.25, -0.2) is 4.98 Å². The van der Waals surface area contributed by atoms with Crippen LogP contribution in [0.25, 0.3) is 22.2 Å². The van der Waals surface area contributed by atoms with E-state index in [2.05, 4.69) is 11.4 Å². The standard InChI is InChI=1S/C27H26N2O4/c1-16-11-17(2)26-21(12-16)22(15-23(28-26)18-7-6-8-19(13-18)31-3)27(30)29-24-14-20(32-4)9-10-25(24)33-5/h6-15H,1-5H3,(H,29,30). The number of carbonyl (C=O) groups excluding carboxylic acids is 1. The first-order valence-electron chi connectivity index (χ1n) is 10.5. The molecule has 0 aliphatic heterocycles. The summed E-state index contributed by atoms with van der Waals surface area (Å²) in [7, 11) is 4.77. The van der Waals surface area contributed by atoms with Crippen molar-refractivity contribution in [1.82, 2.24) is 4.98 Å². The Labute approximate surface area is 193 Å². The van der Waals surface area contributed by atoms with Crippen LogP contribution in [-0.2, 0) is 0 Å². The number of nitrogens with one attached hydrogen (secondary N) is 1. The van der Waals surface area contributed by atoms with Crippen LogP contribution < -0.4 is 19.5 Å². The van der Waals surface area contributed by atoms with E-state index in [1.54, 1.807) is 39.5 Å². The molecule has 0 atom stereocenters. The number of hydrogen-bond acceptors (Lipinski definition) is 5. The molecular weight excluding hydrogens is 416 g/mol. The molecule has 168 valence electrons. The van der Waals surface area contributed by atoms with Gasteiger partial charge < -0.3 is 19.5 Å². The second-order valence-electron chi connectivity index (χ2n) is 7.79. The highest BCUT2D eigenvalue weighted by atomic mass is 16.5. The molecule has 6 nitrogen and oxygen atoms in total. The summed E-state index contributed by atoms with van der Waals surface area (Å²) in [6, 6.07) is 18.8. The number of hydrogen-bond donors (Lipinski definition) is 1. The highest BCUT2D eigenvalue weighted by Gasteiger charge is 2.18. The summed E-state index contributed by atoms with van der Waals surface area (Å²) in [6.45, 7) is 4.01. The van der Waals surface area contributed by atoms with Crippen LogP contribution >= 0.6 is 0 Å². The van der Waals surface area contributed by atoms with E-state index in [0.29, 0.717) is 28.4 Å². The van der Waals surface area contributed by atoms with E-state index in [-0.39, 0.29) is 5.91 Å². The zero-order valence-corrected chi connectivity index (χ0v) is 19.4. The van der Waals surface area contributed by atoms with Crippen LogP contribution in [0.2, 0.25) is 0 Å². The maximum atomic E-state index is 13.6. The molecular formula is C27H26N2O4. The van der Waals surface area contributed by atoms with Crippen molar-refractivity contribution < 1.29 is 19.0 Å². The van der Waals surface area contributed by atoms with Crippen LogP contribution in [0.5, 0.6) is 17.2 Å². The molecule has 0 radical (unpaired) electrons. The quantitative estimate of drug-likeness (QED) is 0.409. The van der Waals surface area contributed by atoms with Crippen LogP contribution in [0, 0.1) is 13.8 Å². The van der Waals surface area contributed by atoms with E-state index in [1.807, 2.05) is 50.2 Å². The number of ether oxygens (including phenoxy) is 3. The molecule has 0 saturated carbocycles. The molecule has 0 unspecified atom stereocenters. The Balaban J connectivity index is 1.87. The topological polar surface area (TPSA) is 69.7 Å². The number of aromatic nitrogens is 1. The first kappa shape index (κ1) is 22.1. The van der Waals surface area contributed by atoms with Gasteiger partial charge in [-0.1, -0.05) is 23.8 Å². The van der Waals surface area contributed by atoms with Gasteiger partial charge in [0.15, 0.2) is 0 Å². The third-order valence-electron chi connectivity index (χ3n) is 5.51. The van der Waals surface area contributed by atoms with E-state index in [1.165, 1.54) is 0 Å². The summed E-state index contributed by atoms with van der Waals surface area (Å²) in [6.07, 6.45) is 0. The largest absolute Gasteiger partial charge is 0.497 e. The minimum atomic E-state index is -0.261. The van der Waals surface area contributed by atoms with Crippen LogP contribution in [0.4, 0.5) is 5.69 Å². The summed E-state index contributed by atoms with van der Waals surface area (Å²) in [5, 5.41) is 3.78. The average Bonchev–Trinajstić information content (AvgIpc) is 2.83. The molecule has 0 aliphatic rings. The summed E-state index contributed by atoms with van der Waals surface area (Å²) in [5.41, 5.74) is 5.45. The van der Waals surface area contributed by atoms with Crippen LogP contribution in [0.1, 0.15) is 21.5 Å². The van der Waals surface area contributed by atoms with Gasteiger partial charge in [0.1, 0.15) is 17.2 Å². The van der Waals surface area contributed by atoms with E-state index in [4.69, 9.17) is 19.2 Å². The molecule has 0 spiro atoms. The first-order chi connectivity index (χ1) is 15.9. The Morgan fingerprint density at radius 3 is 2.33 bits per heavy atom. The zero-order chi connectivity index (χ0) is 23.5. The molecule has 1 heterocycles. The molecule has 0 bridgehead atoms. The lowest BCUT2D eigenvalue weighted by Crippen LogP contribution is -2.14. The van der Waals surface area contributed by atoms with Gasteiger partial charge in [-0.15, -0.1) is 0 Å². The molecule has 1 amide bonds. The number of aryl methyl sites for hydroxylation is 2. The number of carbonyl (C=O) groups is 1. The van der Waals surface area contributed by atoms with Crippen molar-refractivity contribution in [2.24, 2.45) is 0 Å². The average molecular weight is 443 g/mol. The molecule has 1 N–H and O–H groups in total. The van der Waals surface area contributed by atoms with Crippen LogP contribution in [-0.4, -0.2) is 32.2 Å². The van der Waals surface area contributed by atoms with E-state index >= 15 is 0 Å². The second kappa shape index (κ2) is 9.20. The van der Waals surface area contributed by atoms with E-state index in [9.17, 15) is 4.79 Å². The lowest BCUT2D eigenvalue weighted by molar-refractivity contribution is 0.102. The molecule has 3 aromatic carbocycles. The molecule has 4 rings (SSSR count). The van der Waals surface area contributed by atoms with Crippen molar-refractivity contribution >= 4 is 22.5 Å². The highest BCUT2D eigenvalue weighted by molar-refractivity contribution is 6.14. The number of methoxy groups -OCH3 is 3. The van der Waals surface area contributed by atoms with Gasteiger partial charge in [-0.05, 0) is 55.8 Å². The van der Waals surface area contributed by atoms with Gasteiger partial charge in [-0.2, -0.15) is 0 Å². The maximum Gasteiger partial charge on any atom is 0.256 e. The fourth-order valence-electron chi connectivity index (χ4n) is 3.90. The predicted molar refractivity (Wildman–Crippen MR) is 131 cm³/mol. The first-order valence-corrected chi connectivity index (χ1v) is 10.5. The molecule has 33 heavy (non-hydrogen) atoms. The summed E-state index contributed by atoms with van der Waals surface area (Å²) >= 11 is 0. The predicted octanol–water partition coefficient (Wildman–Crippen LogP) is 5.80. The van der Waals surface area contributed by atoms with E-state index < -0.39 is 0 Å². The summed E-state index contributed by atoms with van der Waals surface area (Å²) < 4.78 is 16.1. The van der Waals surface area contributed by atoms with Crippen molar-refractivity contribution in [3.8, 4) is 28.5 Å². The van der Waals surface area contributed by atoms with Crippen LogP contribution in [0.15, 0.2) is 60.7 Å². The Morgan fingerprint density at radius 1 is 0.848 bits per heavy atom. The number of fused-ring (bicyclic) bond motifs is 1. The van der Waals surface area contributed by atoms with Gasteiger partial charge in [-0.3, -0.25) is 4.79 Å². The number of rotatable bonds is 6. The summed E-state index contributed by atoms with van der Waals surface area (Å²) in [4.78, 5) is 18.5. The smallest absolute Gasteiger partial charge is 0.256 e. The third kappa shape index (κ3) is 4.46. The SMILES string of the molecule is COc1cccc(-c2cc(C(=O)Nc3cc(OC)ccc3OC)c3cc(C)cc(C)c3n2)c1. The Bertz CT molecular complexity index is 1350. The lowest BCUT2D eigenvalue weighted by Gasteiger charge is -2.15. The molecule has 4 aromatic rings. The molecule has 0 aliphatic carbocycles. The van der Waals surface area contributed by atoms with Gasteiger partial charge >= 0.3 is 0 Å². The van der Waals surface area contributed by atoms with Gasteiger partial charge in [0.25, 0.3) is 5.91 Å². The van der Waals surface area contributed by atoms with Crippen molar-refractivity contribution in [3.63, 3.8) is 0 Å². The number of nitrogens with zero attached hydrogens (tertiary/aromatic N) is 1. The molecule has 0 fully saturated rings. The Hall–Kier alpha value is -4.06. The second-order valence-corrected chi connectivity index (χ2v) is 7.79. The van der Waals surface area contributed by atoms with Crippen LogP contribution in [0.3, 0.4) is 0 Å². The minimum Gasteiger partial charge on any atom is -0.497 e. The van der Waals surface area contributed by atoms with Crippen molar-refractivity contribution in [3.05, 3.63) is 77.4 Å². The Kier molecular flexibility index (Phi) is 6.18. The number of anilines is 1. The normalized spacial score (nSPS) is 10.7. The third-order valence-corrected chi connectivity index (χ3v) is 5.51. The fraction of sp³-hybridized carbons (Fsp3) is 0.185. The van der Waals surface area contributed by atoms with Crippen molar-refractivity contribution in [2.45, 2.75) is 13.8 Å². The number of pyridine rings is 1. The van der Waals surface area contributed by atoms with Crippen molar-refractivity contribution in [1.29, 1.82) is 0 Å². The monoisotopic (exact) mass is 442 g/mol. The highest BCUT2D eigenvalue weighted by Crippen LogP contribution is 2.32. The molecule has 6 heteroatoms. The maximum absolute atomic E-state index is 13.6. The number of amides is 1.